The molecule has 0 radical (unpaired) electrons. The Hall–Kier alpha value is -0.960. The first kappa shape index (κ1) is 10.6. The van der Waals surface area contributed by atoms with Crippen LogP contribution in [0.2, 0.25) is 5.22 Å². The van der Waals surface area contributed by atoms with Gasteiger partial charge in [-0.2, -0.15) is 0 Å². The van der Waals surface area contributed by atoms with Crippen molar-refractivity contribution >= 4 is 17.5 Å². The van der Waals surface area contributed by atoms with E-state index in [1.54, 1.807) is 11.0 Å². The number of furan rings is 1. The van der Waals surface area contributed by atoms with Gasteiger partial charge in [0.05, 0.1) is 11.8 Å². The van der Waals surface area contributed by atoms with E-state index >= 15 is 0 Å². The van der Waals surface area contributed by atoms with Crippen LogP contribution in [-0.4, -0.2) is 23.9 Å². The van der Waals surface area contributed by atoms with Crippen molar-refractivity contribution in [3.8, 4) is 0 Å². The fourth-order valence-corrected chi connectivity index (χ4v) is 1.91. The molecular weight excluding hydrogens is 214 g/mol. The number of hydrogen-bond acceptors (Lipinski definition) is 2. The summed E-state index contributed by atoms with van der Waals surface area (Å²) < 4.78 is 4.91. The van der Waals surface area contributed by atoms with Crippen molar-refractivity contribution in [1.82, 2.24) is 4.90 Å². The molecule has 82 valence electrons. The SMILES string of the molecule is CC(C1CC1)N(C)C(=O)c1ccoc1Cl. The number of carbonyl (C=O) groups excluding carboxylic acids is 1. The molecule has 1 atom stereocenters. The molecule has 1 aromatic rings. The maximum atomic E-state index is 12.0. The zero-order valence-electron chi connectivity index (χ0n) is 8.87. The van der Waals surface area contributed by atoms with Crippen molar-refractivity contribution in [2.75, 3.05) is 7.05 Å². The Bertz CT molecular complexity index is 370. The summed E-state index contributed by atoms with van der Waals surface area (Å²) in [5, 5.41) is 0.176. The molecule has 0 aromatic carbocycles. The normalized spacial score (nSPS) is 17.5. The average Bonchev–Trinajstić information content (AvgIpc) is 2.98. The number of rotatable bonds is 3. The first-order valence-corrected chi connectivity index (χ1v) is 5.49. The molecule has 2 rings (SSSR count). The van der Waals surface area contributed by atoms with E-state index < -0.39 is 0 Å². The molecule has 0 N–H and O–H groups in total. The van der Waals surface area contributed by atoms with Crippen LogP contribution in [0.25, 0.3) is 0 Å². The van der Waals surface area contributed by atoms with Crippen LogP contribution in [0, 0.1) is 5.92 Å². The molecule has 1 aromatic heterocycles. The topological polar surface area (TPSA) is 33.5 Å². The lowest BCUT2D eigenvalue weighted by atomic mass is 10.1. The average molecular weight is 228 g/mol. The molecule has 1 saturated carbocycles. The summed E-state index contributed by atoms with van der Waals surface area (Å²) in [6.07, 6.45) is 3.88. The smallest absolute Gasteiger partial charge is 0.258 e. The Labute approximate surface area is 94.0 Å². The van der Waals surface area contributed by atoms with E-state index in [9.17, 15) is 4.79 Å². The second-order valence-corrected chi connectivity index (χ2v) is 4.45. The van der Waals surface area contributed by atoms with Crippen LogP contribution in [0.1, 0.15) is 30.1 Å². The van der Waals surface area contributed by atoms with Crippen molar-refractivity contribution in [1.29, 1.82) is 0 Å². The summed E-state index contributed by atoms with van der Waals surface area (Å²) in [6.45, 7) is 2.07. The number of hydrogen-bond donors (Lipinski definition) is 0. The Morgan fingerprint density at radius 2 is 2.33 bits per heavy atom. The lowest BCUT2D eigenvalue weighted by molar-refractivity contribution is 0.0727. The highest BCUT2D eigenvalue weighted by molar-refractivity contribution is 6.32. The largest absolute Gasteiger partial charge is 0.452 e. The third-order valence-corrected chi connectivity index (χ3v) is 3.38. The second kappa shape index (κ2) is 3.89. The molecule has 15 heavy (non-hydrogen) atoms. The highest BCUT2D eigenvalue weighted by Crippen LogP contribution is 2.35. The standard InChI is InChI=1S/C11H14ClNO2/c1-7(8-3-4-8)13(2)11(14)9-5-6-15-10(9)12/h5-8H,3-4H2,1-2H3. The summed E-state index contributed by atoms with van der Waals surface area (Å²) in [7, 11) is 1.81. The maximum Gasteiger partial charge on any atom is 0.258 e. The lowest BCUT2D eigenvalue weighted by Crippen LogP contribution is -2.36. The summed E-state index contributed by atoms with van der Waals surface area (Å²) in [5.41, 5.74) is 0.451. The number of nitrogens with zero attached hydrogens (tertiary/aromatic N) is 1. The van der Waals surface area contributed by atoms with Gasteiger partial charge in [0, 0.05) is 13.1 Å². The fraction of sp³-hybridized carbons (Fsp3) is 0.545. The van der Waals surface area contributed by atoms with Crippen molar-refractivity contribution in [3.05, 3.63) is 23.1 Å². The highest BCUT2D eigenvalue weighted by Gasteiger charge is 2.33. The molecule has 1 aliphatic carbocycles. The zero-order chi connectivity index (χ0) is 11.0. The molecule has 0 bridgehead atoms. The Morgan fingerprint density at radius 3 is 2.80 bits per heavy atom. The van der Waals surface area contributed by atoms with Gasteiger partial charge >= 0.3 is 0 Å². The predicted octanol–water partition coefficient (Wildman–Crippen LogP) is 2.80. The van der Waals surface area contributed by atoms with Gasteiger partial charge in [0.2, 0.25) is 5.22 Å². The Kier molecular flexibility index (Phi) is 2.74. The molecule has 1 heterocycles. The van der Waals surface area contributed by atoms with E-state index in [1.807, 2.05) is 7.05 Å². The maximum absolute atomic E-state index is 12.0. The highest BCUT2D eigenvalue weighted by atomic mass is 35.5. The summed E-state index contributed by atoms with van der Waals surface area (Å²) in [4.78, 5) is 13.7. The third-order valence-electron chi connectivity index (χ3n) is 3.08. The van der Waals surface area contributed by atoms with Crippen LogP contribution in [-0.2, 0) is 0 Å². The van der Waals surface area contributed by atoms with Crippen LogP contribution in [0.3, 0.4) is 0 Å². The number of amides is 1. The summed E-state index contributed by atoms with van der Waals surface area (Å²) in [6, 6.07) is 1.89. The van der Waals surface area contributed by atoms with Gasteiger partial charge in [-0.05, 0) is 43.4 Å². The molecule has 0 spiro atoms. The van der Waals surface area contributed by atoms with Gasteiger partial charge in [-0.15, -0.1) is 0 Å². The molecule has 1 fully saturated rings. The van der Waals surface area contributed by atoms with Gasteiger partial charge < -0.3 is 9.32 Å². The predicted molar refractivity (Wildman–Crippen MR) is 58.0 cm³/mol. The minimum absolute atomic E-state index is 0.0619. The van der Waals surface area contributed by atoms with Crippen molar-refractivity contribution in [2.24, 2.45) is 5.92 Å². The van der Waals surface area contributed by atoms with Crippen molar-refractivity contribution in [3.63, 3.8) is 0 Å². The van der Waals surface area contributed by atoms with E-state index in [2.05, 4.69) is 6.92 Å². The van der Waals surface area contributed by atoms with E-state index in [1.165, 1.54) is 19.1 Å². The van der Waals surface area contributed by atoms with Crippen LogP contribution >= 0.6 is 11.6 Å². The zero-order valence-corrected chi connectivity index (χ0v) is 9.62. The van der Waals surface area contributed by atoms with E-state index in [-0.39, 0.29) is 17.2 Å². The van der Waals surface area contributed by atoms with Crippen LogP contribution in [0.15, 0.2) is 16.7 Å². The minimum atomic E-state index is -0.0619. The lowest BCUT2D eigenvalue weighted by Gasteiger charge is -2.24. The van der Waals surface area contributed by atoms with Gasteiger partial charge in [-0.25, -0.2) is 0 Å². The summed E-state index contributed by atoms with van der Waals surface area (Å²) >= 11 is 5.76. The molecule has 0 aliphatic heterocycles. The van der Waals surface area contributed by atoms with E-state index in [4.69, 9.17) is 16.0 Å². The molecular formula is C11H14ClNO2. The van der Waals surface area contributed by atoms with Gasteiger partial charge in [0.1, 0.15) is 0 Å². The monoisotopic (exact) mass is 227 g/mol. The van der Waals surface area contributed by atoms with Crippen LogP contribution < -0.4 is 0 Å². The Balaban J connectivity index is 2.10. The third kappa shape index (κ3) is 2.02. The minimum Gasteiger partial charge on any atom is -0.452 e. The van der Waals surface area contributed by atoms with Gasteiger partial charge in [-0.1, -0.05) is 0 Å². The molecule has 0 saturated heterocycles. The van der Waals surface area contributed by atoms with E-state index in [0.29, 0.717) is 11.5 Å². The first-order valence-electron chi connectivity index (χ1n) is 5.11. The molecule has 1 aliphatic rings. The molecule has 3 nitrogen and oxygen atoms in total. The second-order valence-electron chi connectivity index (χ2n) is 4.10. The van der Waals surface area contributed by atoms with Crippen molar-refractivity contribution in [2.45, 2.75) is 25.8 Å². The van der Waals surface area contributed by atoms with Gasteiger partial charge in [0.15, 0.2) is 0 Å². The molecule has 4 heteroatoms. The van der Waals surface area contributed by atoms with Gasteiger partial charge in [0.25, 0.3) is 5.91 Å². The van der Waals surface area contributed by atoms with Crippen molar-refractivity contribution < 1.29 is 9.21 Å². The molecule has 1 amide bonds. The van der Waals surface area contributed by atoms with Gasteiger partial charge in [-0.3, -0.25) is 4.79 Å². The van der Waals surface area contributed by atoms with Crippen LogP contribution in [0.4, 0.5) is 0 Å². The summed E-state index contributed by atoms with van der Waals surface area (Å²) in [5.74, 6) is 0.595. The number of halogens is 1. The first-order chi connectivity index (χ1) is 7.11. The fourth-order valence-electron chi connectivity index (χ4n) is 1.72. The Morgan fingerprint density at radius 1 is 1.67 bits per heavy atom. The molecule has 1 unspecified atom stereocenters. The quantitative estimate of drug-likeness (QED) is 0.796. The van der Waals surface area contributed by atoms with Crippen LogP contribution in [0.5, 0.6) is 0 Å². The van der Waals surface area contributed by atoms with E-state index in [0.717, 1.165) is 0 Å². The number of carbonyl (C=O) groups is 1.